The summed E-state index contributed by atoms with van der Waals surface area (Å²) >= 11 is 2.31. The number of hydrazine groups is 1. The maximum atomic E-state index is 11.7. The van der Waals surface area contributed by atoms with Gasteiger partial charge >= 0.3 is 0 Å². The number of hydrogen-bond donors (Lipinski definition) is 2. The molecule has 1 aliphatic rings. The molecule has 0 bridgehead atoms. The summed E-state index contributed by atoms with van der Waals surface area (Å²) in [4.78, 5) is 0. The second-order valence-electron chi connectivity index (χ2n) is 5.61. The van der Waals surface area contributed by atoms with Gasteiger partial charge in [0.15, 0.2) is 0 Å². The van der Waals surface area contributed by atoms with Gasteiger partial charge in [-0.05, 0) is 59.4 Å². The second kappa shape index (κ2) is 7.36. The molecule has 2 atom stereocenters. The molecular formula is C14H22IN3O2S. The van der Waals surface area contributed by atoms with Gasteiger partial charge in [-0.25, -0.2) is 12.7 Å². The van der Waals surface area contributed by atoms with Crippen molar-refractivity contribution in [1.82, 2.24) is 9.73 Å². The third-order valence-corrected chi connectivity index (χ3v) is 6.25. The molecule has 1 fully saturated rings. The van der Waals surface area contributed by atoms with Crippen LogP contribution in [0.5, 0.6) is 0 Å². The molecule has 7 heteroatoms. The largest absolute Gasteiger partial charge is 0.271 e. The number of piperidine rings is 1. The van der Waals surface area contributed by atoms with E-state index < -0.39 is 10.0 Å². The lowest BCUT2D eigenvalue weighted by Gasteiger charge is -2.33. The van der Waals surface area contributed by atoms with E-state index in [0.717, 1.165) is 19.3 Å². The van der Waals surface area contributed by atoms with Crippen molar-refractivity contribution in [3.63, 3.8) is 0 Å². The zero-order valence-corrected chi connectivity index (χ0v) is 15.1. The Balaban J connectivity index is 2.07. The normalized spacial score (nSPS) is 22.1. The van der Waals surface area contributed by atoms with Crippen LogP contribution in [-0.2, 0) is 10.0 Å². The van der Waals surface area contributed by atoms with Crippen molar-refractivity contribution in [3.8, 4) is 0 Å². The minimum absolute atomic E-state index is 0.0580. The van der Waals surface area contributed by atoms with Crippen LogP contribution in [0.4, 0.5) is 0 Å². The molecular weight excluding hydrogens is 401 g/mol. The highest BCUT2D eigenvalue weighted by atomic mass is 127. The molecule has 3 N–H and O–H groups in total. The molecule has 5 nitrogen and oxygen atoms in total. The maximum Gasteiger partial charge on any atom is 0.211 e. The third kappa shape index (κ3) is 4.62. The molecule has 1 heterocycles. The maximum absolute atomic E-state index is 11.7. The number of nitrogens with one attached hydrogen (secondary N) is 1. The molecule has 0 saturated carbocycles. The first-order valence-corrected chi connectivity index (χ1v) is 10.00. The molecule has 0 radical (unpaired) electrons. The highest BCUT2D eigenvalue weighted by Crippen LogP contribution is 2.30. The smallest absolute Gasteiger partial charge is 0.211 e. The highest BCUT2D eigenvalue weighted by Gasteiger charge is 2.28. The van der Waals surface area contributed by atoms with Crippen LogP contribution in [0.3, 0.4) is 0 Å². The molecule has 0 spiro atoms. The third-order valence-electron chi connectivity index (χ3n) is 4.00. The van der Waals surface area contributed by atoms with E-state index in [-0.39, 0.29) is 6.04 Å². The van der Waals surface area contributed by atoms with E-state index in [1.165, 1.54) is 15.4 Å². The predicted octanol–water partition coefficient (Wildman–Crippen LogP) is 1.86. The van der Waals surface area contributed by atoms with Crippen LogP contribution < -0.4 is 11.3 Å². The lowest BCUT2D eigenvalue weighted by atomic mass is 9.90. The number of hydrogen-bond acceptors (Lipinski definition) is 4. The summed E-state index contributed by atoms with van der Waals surface area (Å²) in [7, 11) is -3.09. The van der Waals surface area contributed by atoms with Crippen molar-refractivity contribution >= 4 is 32.6 Å². The van der Waals surface area contributed by atoms with E-state index in [1.807, 2.05) is 12.1 Å². The molecule has 21 heavy (non-hydrogen) atoms. The minimum atomic E-state index is -3.09. The van der Waals surface area contributed by atoms with Gasteiger partial charge in [0.2, 0.25) is 10.0 Å². The molecule has 118 valence electrons. The first-order valence-electron chi connectivity index (χ1n) is 7.07. The highest BCUT2D eigenvalue weighted by molar-refractivity contribution is 14.1. The van der Waals surface area contributed by atoms with E-state index >= 15 is 0 Å². The summed E-state index contributed by atoms with van der Waals surface area (Å²) in [6, 6.07) is 8.20. The van der Waals surface area contributed by atoms with Crippen LogP contribution in [0.15, 0.2) is 24.3 Å². The van der Waals surface area contributed by atoms with Crippen LogP contribution in [0.2, 0.25) is 0 Å². The summed E-state index contributed by atoms with van der Waals surface area (Å²) < 4.78 is 26.2. The molecule has 1 aliphatic heterocycles. The van der Waals surface area contributed by atoms with Crippen molar-refractivity contribution in [1.29, 1.82) is 0 Å². The number of rotatable bonds is 5. The van der Waals surface area contributed by atoms with Gasteiger partial charge < -0.3 is 0 Å². The standard InChI is InChI=1S/C14H22IN3O2S/c1-21(19,20)18-8-4-5-11(10-18)9-14(17-16)12-6-2-3-7-13(12)15/h2-3,6-7,11,14,17H,4-5,8-10,16H2,1H3. The Morgan fingerprint density at radius 3 is 2.81 bits per heavy atom. The molecule has 0 amide bonds. The first kappa shape index (κ1) is 17.1. The Morgan fingerprint density at radius 2 is 2.19 bits per heavy atom. The van der Waals surface area contributed by atoms with Gasteiger partial charge in [0.1, 0.15) is 0 Å². The van der Waals surface area contributed by atoms with E-state index in [2.05, 4.69) is 40.1 Å². The first-order chi connectivity index (χ1) is 9.91. The SMILES string of the molecule is CS(=O)(=O)N1CCCC(CC(NN)c2ccccc2I)C1. The second-order valence-corrected chi connectivity index (χ2v) is 8.75. The average Bonchev–Trinajstić information content (AvgIpc) is 2.45. The summed E-state index contributed by atoms with van der Waals surface area (Å²) in [6.45, 7) is 1.24. The molecule has 1 saturated heterocycles. The Hall–Kier alpha value is -0.220. The topological polar surface area (TPSA) is 75.4 Å². The van der Waals surface area contributed by atoms with Crippen LogP contribution in [0, 0.1) is 9.49 Å². The Kier molecular flexibility index (Phi) is 6.01. The van der Waals surface area contributed by atoms with Gasteiger partial charge in [-0.3, -0.25) is 11.3 Å². The predicted molar refractivity (Wildman–Crippen MR) is 93.0 cm³/mol. The minimum Gasteiger partial charge on any atom is -0.271 e. The summed E-state index contributed by atoms with van der Waals surface area (Å²) in [5.74, 6) is 6.06. The van der Waals surface area contributed by atoms with Gasteiger partial charge in [0, 0.05) is 22.7 Å². The van der Waals surface area contributed by atoms with Crippen LogP contribution in [-0.4, -0.2) is 32.1 Å². The van der Waals surface area contributed by atoms with Crippen molar-refractivity contribution < 1.29 is 8.42 Å². The molecule has 0 aliphatic carbocycles. The van der Waals surface area contributed by atoms with E-state index in [9.17, 15) is 8.42 Å². The molecule has 2 rings (SSSR count). The van der Waals surface area contributed by atoms with Gasteiger partial charge in [-0.15, -0.1) is 0 Å². The quantitative estimate of drug-likeness (QED) is 0.431. The summed E-state index contributed by atoms with van der Waals surface area (Å²) in [5, 5.41) is 0. The van der Waals surface area contributed by atoms with Crippen LogP contribution in [0.1, 0.15) is 30.9 Å². The Labute approximate surface area is 140 Å². The van der Waals surface area contributed by atoms with E-state index in [4.69, 9.17) is 5.84 Å². The Bertz CT molecular complexity index is 579. The van der Waals surface area contributed by atoms with E-state index in [0.29, 0.717) is 19.0 Å². The van der Waals surface area contributed by atoms with Crippen molar-refractivity contribution in [2.45, 2.75) is 25.3 Å². The fourth-order valence-electron chi connectivity index (χ4n) is 2.90. The number of benzene rings is 1. The van der Waals surface area contributed by atoms with Crippen LogP contribution in [0.25, 0.3) is 0 Å². The van der Waals surface area contributed by atoms with Crippen molar-refractivity contribution in [3.05, 3.63) is 33.4 Å². The monoisotopic (exact) mass is 423 g/mol. The number of halogens is 1. The van der Waals surface area contributed by atoms with Crippen molar-refractivity contribution in [2.75, 3.05) is 19.3 Å². The van der Waals surface area contributed by atoms with Gasteiger partial charge in [-0.2, -0.15) is 0 Å². The molecule has 0 aromatic heterocycles. The lowest BCUT2D eigenvalue weighted by Crippen LogP contribution is -2.41. The fourth-order valence-corrected chi connectivity index (χ4v) is 4.60. The van der Waals surface area contributed by atoms with E-state index in [1.54, 1.807) is 4.31 Å². The summed E-state index contributed by atoms with van der Waals surface area (Å²) in [6.07, 6.45) is 4.10. The Morgan fingerprint density at radius 1 is 1.48 bits per heavy atom. The molecule has 1 aromatic rings. The van der Waals surface area contributed by atoms with Gasteiger partial charge in [0.25, 0.3) is 0 Å². The van der Waals surface area contributed by atoms with Crippen LogP contribution >= 0.6 is 22.6 Å². The number of nitrogens with two attached hydrogens (primary N) is 1. The number of sulfonamides is 1. The van der Waals surface area contributed by atoms with Crippen molar-refractivity contribution in [2.24, 2.45) is 11.8 Å². The average molecular weight is 423 g/mol. The fraction of sp³-hybridized carbons (Fsp3) is 0.571. The lowest BCUT2D eigenvalue weighted by molar-refractivity contribution is 0.238. The zero-order chi connectivity index (χ0) is 15.5. The summed E-state index contributed by atoms with van der Waals surface area (Å²) in [5.41, 5.74) is 4.07. The molecule has 1 aromatic carbocycles. The van der Waals surface area contributed by atoms with Gasteiger partial charge in [0.05, 0.1) is 6.26 Å². The van der Waals surface area contributed by atoms with Gasteiger partial charge in [-0.1, -0.05) is 18.2 Å². The number of nitrogens with zero attached hydrogens (tertiary/aromatic N) is 1. The zero-order valence-electron chi connectivity index (χ0n) is 12.1. The molecule has 2 unspecified atom stereocenters.